The van der Waals surface area contributed by atoms with Crippen LogP contribution in [0.15, 0.2) is 18.2 Å². The van der Waals surface area contributed by atoms with E-state index in [0.29, 0.717) is 18.8 Å². The number of anilines is 1. The Balaban J connectivity index is 2.09. The molecule has 1 fully saturated rings. The summed E-state index contributed by atoms with van der Waals surface area (Å²) in [6, 6.07) is 4.38. The molecule has 2 rings (SSSR count). The molecule has 1 aromatic carbocycles. The second kappa shape index (κ2) is 6.32. The van der Waals surface area contributed by atoms with E-state index >= 15 is 0 Å². The number of amides is 3. The molecule has 1 aliphatic heterocycles. The van der Waals surface area contributed by atoms with Crippen molar-refractivity contribution in [1.82, 2.24) is 4.90 Å². The van der Waals surface area contributed by atoms with E-state index in [-0.39, 0.29) is 28.8 Å². The van der Waals surface area contributed by atoms with Gasteiger partial charge in [0, 0.05) is 18.8 Å². The molecule has 7 heteroatoms. The molecule has 1 aliphatic rings. The summed E-state index contributed by atoms with van der Waals surface area (Å²) in [4.78, 5) is 25.2. The van der Waals surface area contributed by atoms with Gasteiger partial charge in [0.15, 0.2) is 0 Å². The van der Waals surface area contributed by atoms with Crippen LogP contribution in [0.25, 0.3) is 0 Å². The summed E-state index contributed by atoms with van der Waals surface area (Å²) in [5.41, 5.74) is 5.89. The van der Waals surface area contributed by atoms with Gasteiger partial charge in [0.05, 0.1) is 22.8 Å². The Labute approximate surface area is 128 Å². The average molecular weight is 312 g/mol. The quantitative estimate of drug-likeness (QED) is 0.877. The summed E-state index contributed by atoms with van der Waals surface area (Å²) in [5, 5.41) is 3.00. The SMILES string of the molecule is C[C@@H]1CN(C(=O)Nc2ccc(Cl)c(C(N)=O)c2)C[C@@H](C)O1. The number of urea groups is 1. The van der Waals surface area contributed by atoms with Gasteiger partial charge in [-0.25, -0.2) is 4.79 Å². The zero-order chi connectivity index (χ0) is 15.6. The van der Waals surface area contributed by atoms with Gasteiger partial charge < -0.3 is 20.7 Å². The van der Waals surface area contributed by atoms with E-state index in [0.717, 1.165) is 0 Å². The number of benzene rings is 1. The predicted octanol–water partition coefficient (Wildman–Crippen LogP) is 2.08. The standard InChI is InChI=1S/C14H18ClN3O3/c1-8-6-18(7-9(2)21-8)14(20)17-10-3-4-12(15)11(5-10)13(16)19/h3-5,8-9H,6-7H2,1-2H3,(H2,16,19)(H,17,20)/t8-,9-/m1/s1. The third kappa shape index (κ3) is 3.86. The number of ether oxygens (including phenoxy) is 1. The van der Waals surface area contributed by atoms with E-state index in [1.54, 1.807) is 11.0 Å². The molecule has 6 nitrogen and oxygen atoms in total. The van der Waals surface area contributed by atoms with Crippen molar-refractivity contribution in [3.05, 3.63) is 28.8 Å². The molecule has 0 aliphatic carbocycles. The second-order valence-electron chi connectivity index (χ2n) is 5.15. The van der Waals surface area contributed by atoms with Crippen molar-refractivity contribution in [2.45, 2.75) is 26.1 Å². The number of nitrogens with two attached hydrogens (primary N) is 1. The van der Waals surface area contributed by atoms with Gasteiger partial charge >= 0.3 is 6.03 Å². The summed E-state index contributed by atoms with van der Waals surface area (Å²) < 4.78 is 5.58. The van der Waals surface area contributed by atoms with Gasteiger partial charge in [-0.3, -0.25) is 4.79 Å². The smallest absolute Gasteiger partial charge is 0.322 e. The van der Waals surface area contributed by atoms with Gasteiger partial charge in [0.1, 0.15) is 0 Å². The van der Waals surface area contributed by atoms with Crippen molar-refractivity contribution in [3.63, 3.8) is 0 Å². The molecule has 1 aromatic rings. The third-order valence-electron chi connectivity index (χ3n) is 3.19. The van der Waals surface area contributed by atoms with Crippen molar-refractivity contribution < 1.29 is 14.3 Å². The molecule has 1 saturated heterocycles. The number of carbonyl (C=O) groups excluding carboxylic acids is 2. The fraction of sp³-hybridized carbons (Fsp3) is 0.429. The number of halogens is 1. The molecule has 0 bridgehead atoms. The largest absolute Gasteiger partial charge is 0.372 e. The highest BCUT2D eigenvalue weighted by Gasteiger charge is 2.26. The highest BCUT2D eigenvalue weighted by atomic mass is 35.5. The van der Waals surface area contributed by atoms with Crippen LogP contribution in [0, 0.1) is 0 Å². The van der Waals surface area contributed by atoms with Gasteiger partial charge in [-0.05, 0) is 32.0 Å². The van der Waals surface area contributed by atoms with Gasteiger partial charge in [0.2, 0.25) is 5.91 Å². The molecular formula is C14H18ClN3O3. The number of hydrogen-bond acceptors (Lipinski definition) is 3. The molecular weight excluding hydrogens is 294 g/mol. The first-order valence-corrected chi connectivity index (χ1v) is 7.05. The lowest BCUT2D eigenvalue weighted by Crippen LogP contribution is -2.49. The molecule has 0 saturated carbocycles. The maximum absolute atomic E-state index is 12.2. The first-order valence-electron chi connectivity index (χ1n) is 6.67. The Bertz CT molecular complexity index is 554. The highest BCUT2D eigenvalue weighted by Crippen LogP contribution is 2.21. The number of carbonyl (C=O) groups is 2. The van der Waals surface area contributed by atoms with E-state index in [1.807, 2.05) is 13.8 Å². The van der Waals surface area contributed by atoms with Gasteiger partial charge in [0.25, 0.3) is 0 Å². The van der Waals surface area contributed by atoms with Gasteiger partial charge in [-0.15, -0.1) is 0 Å². The minimum absolute atomic E-state index is 0.00843. The Morgan fingerprint density at radius 2 is 1.95 bits per heavy atom. The van der Waals surface area contributed by atoms with Crippen molar-refractivity contribution in [2.75, 3.05) is 18.4 Å². The maximum atomic E-state index is 12.2. The molecule has 0 aromatic heterocycles. The molecule has 2 atom stereocenters. The summed E-state index contributed by atoms with van der Waals surface area (Å²) in [6.45, 7) is 4.88. The number of morpholine rings is 1. The summed E-state index contributed by atoms with van der Waals surface area (Å²) >= 11 is 5.87. The molecule has 3 N–H and O–H groups in total. The van der Waals surface area contributed by atoms with Crippen molar-refractivity contribution >= 4 is 29.2 Å². The fourth-order valence-corrected chi connectivity index (χ4v) is 2.55. The van der Waals surface area contributed by atoms with E-state index in [4.69, 9.17) is 22.1 Å². The lowest BCUT2D eigenvalue weighted by atomic mass is 10.2. The average Bonchev–Trinajstić information content (AvgIpc) is 2.39. The van der Waals surface area contributed by atoms with Crippen LogP contribution >= 0.6 is 11.6 Å². The number of nitrogens with zero attached hydrogens (tertiary/aromatic N) is 1. The fourth-order valence-electron chi connectivity index (χ4n) is 2.34. The van der Waals surface area contributed by atoms with Crippen molar-refractivity contribution in [2.24, 2.45) is 5.73 Å². The zero-order valence-electron chi connectivity index (χ0n) is 11.9. The molecule has 0 unspecified atom stereocenters. The second-order valence-corrected chi connectivity index (χ2v) is 5.56. The van der Waals surface area contributed by atoms with Crippen LogP contribution in [0.3, 0.4) is 0 Å². The molecule has 21 heavy (non-hydrogen) atoms. The number of primary amides is 1. The van der Waals surface area contributed by atoms with Crippen LogP contribution in [0.4, 0.5) is 10.5 Å². The van der Waals surface area contributed by atoms with Crippen molar-refractivity contribution in [3.8, 4) is 0 Å². The molecule has 114 valence electrons. The van der Waals surface area contributed by atoms with Crippen LogP contribution in [-0.4, -0.2) is 42.1 Å². The normalized spacial score (nSPS) is 22.0. The van der Waals surface area contributed by atoms with Crippen LogP contribution in [0.2, 0.25) is 5.02 Å². The summed E-state index contributed by atoms with van der Waals surface area (Å²) in [6.07, 6.45) is -0.0169. The first kappa shape index (κ1) is 15.6. The van der Waals surface area contributed by atoms with E-state index in [1.165, 1.54) is 12.1 Å². The Kier molecular flexibility index (Phi) is 4.69. The minimum atomic E-state index is -0.635. The van der Waals surface area contributed by atoms with Gasteiger partial charge in [-0.2, -0.15) is 0 Å². The number of rotatable bonds is 2. The monoisotopic (exact) mass is 311 g/mol. The van der Waals surface area contributed by atoms with Crippen LogP contribution in [0.1, 0.15) is 24.2 Å². The first-order chi connectivity index (χ1) is 9.86. The predicted molar refractivity (Wildman–Crippen MR) is 80.6 cm³/mol. The van der Waals surface area contributed by atoms with Crippen LogP contribution in [0.5, 0.6) is 0 Å². The lowest BCUT2D eigenvalue weighted by molar-refractivity contribution is -0.0530. The molecule has 0 radical (unpaired) electrons. The van der Waals surface area contributed by atoms with Crippen LogP contribution < -0.4 is 11.1 Å². The molecule has 3 amide bonds. The maximum Gasteiger partial charge on any atom is 0.322 e. The third-order valence-corrected chi connectivity index (χ3v) is 3.52. The van der Waals surface area contributed by atoms with E-state index in [2.05, 4.69) is 5.32 Å². The highest BCUT2D eigenvalue weighted by molar-refractivity contribution is 6.33. The van der Waals surface area contributed by atoms with Gasteiger partial charge in [-0.1, -0.05) is 11.6 Å². The Morgan fingerprint density at radius 1 is 1.33 bits per heavy atom. The number of hydrogen-bond donors (Lipinski definition) is 2. The summed E-state index contributed by atoms with van der Waals surface area (Å²) in [7, 11) is 0. The summed E-state index contributed by atoms with van der Waals surface area (Å²) in [5.74, 6) is -0.635. The topological polar surface area (TPSA) is 84.7 Å². The van der Waals surface area contributed by atoms with E-state index in [9.17, 15) is 9.59 Å². The zero-order valence-corrected chi connectivity index (χ0v) is 12.7. The Hall–Kier alpha value is -1.79. The van der Waals surface area contributed by atoms with E-state index < -0.39 is 5.91 Å². The molecule has 1 heterocycles. The molecule has 0 spiro atoms. The Morgan fingerprint density at radius 3 is 2.52 bits per heavy atom. The van der Waals surface area contributed by atoms with Crippen molar-refractivity contribution in [1.29, 1.82) is 0 Å². The minimum Gasteiger partial charge on any atom is -0.372 e. The van der Waals surface area contributed by atoms with Crippen LogP contribution in [-0.2, 0) is 4.74 Å². The number of nitrogens with one attached hydrogen (secondary N) is 1. The lowest BCUT2D eigenvalue weighted by Gasteiger charge is -2.35.